The van der Waals surface area contributed by atoms with E-state index in [9.17, 15) is 21.6 Å². The lowest BCUT2D eigenvalue weighted by molar-refractivity contribution is -0.121. The first-order valence-electron chi connectivity index (χ1n) is 13.6. The highest BCUT2D eigenvalue weighted by atomic mass is 32.3. The third kappa shape index (κ3) is 6.05. The van der Waals surface area contributed by atoms with Gasteiger partial charge in [-0.15, -0.1) is 0 Å². The lowest BCUT2D eigenvalue weighted by atomic mass is 10.1. The molecule has 0 aliphatic heterocycles. The number of carbonyl (C=O) groups is 1. The van der Waals surface area contributed by atoms with Crippen LogP contribution in [0, 0.1) is 0 Å². The summed E-state index contributed by atoms with van der Waals surface area (Å²) in [5.41, 5.74) is -1.79. The van der Waals surface area contributed by atoms with Crippen LogP contribution in [0.25, 0.3) is 0 Å². The third-order valence-electron chi connectivity index (χ3n) is 7.46. The van der Waals surface area contributed by atoms with E-state index < -0.39 is 49.6 Å². The average molecular weight is 621 g/mol. The topological polar surface area (TPSA) is 94.6 Å². The van der Waals surface area contributed by atoms with Crippen molar-refractivity contribution < 1.29 is 26.1 Å². The van der Waals surface area contributed by atoms with E-state index in [-0.39, 0.29) is 9.79 Å². The van der Waals surface area contributed by atoms with Crippen LogP contribution in [0.15, 0.2) is 131 Å². The van der Waals surface area contributed by atoms with Gasteiger partial charge in [0, 0.05) is 6.42 Å². The lowest BCUT2D eigenvalue weighted by Crippen LogP contribution is -2.69. The van der Waals surface area contributed by atoms with Gasteiger partial charge in [-0.1, -0.05) is 118 Å². The van der Waals surface area contributed by atoms with Crippen molar-refractivity contribution >= 4 is 44.7 Å². The van der Waals surface area contributed by atoms with Crippen LogP contribution in [0.3, 0.4) is 0 Å². The minimum atomic E-state index is -4.48. The molecule has 6 nitrogen and oxygen atoms in total. The molecule has 0 heterocycles. The highest BCUT2D eigenvalue weighted by Crippen LogP contribution is 2.41. The van der Waals surface area contributed by atoms with Gasteiger partial charge in [0.25, 0.3) is 8.32 Å². The lowest BCUT2D eigenvalue weighted by Gasteiger charge is -2.47. The standard InChI is InChI=1S/C33H36O6S2Si/c1-32(2,3)42(29-21-13-7-14-22-29,30-23-15-8-16-24-30)39-33(4,26-34)25-31(40(35,36)27-17-9-5-10-18-27)41(37,38)28-19-11-6-12-20-28/h5-24,26,31H,25H2,1-4H3/t33-/m1/s1. The maximum absolute atomic E-state index is 14.1. The highest BCUT2D eigenvalue weighted by Gasteiger charge is 2.55. The predicted molar refractivity (Wildman–Crippen MR) is 169 cm³/mol. The Balaban J connectivity index is 1.94. The van der Waals surface area contributed by atoms with Crippen LogP contribution in [0.1, 0.15) is 34.1 Å². The van der Waals surface area contributed by atoms with Crippen LogP contribution >= 0.6 is 0 Å². The molecule has 0 spiro atoms. The summed E-state index contributed by atoms with van der Waals surface area (Å²) in [4.78, 5) is 12.8. The fraction of sp³-hybridized carbons (Fsp3) is 0.242. The first kappa shape index (κ1) is 31.6. The monoisotopic (exact) mass is 620 g/mol. The average Bonchev–Trinajstić information content (AvgIpc) is 3.00. The number of carbonyl (C=O) groups excluding carboxylic acids is 1. The number of benzene rings is 4. The number of sulfone groups is 2. The van der Waals surface area contributed by atoms with Crippen LogP contribution in [0.2, 0.25) is 5.04 Å². The van der Waals surface area contributed by atoms with E-state index >= 15 is 0 Å². The van der Waals surface area contributed by atoms with E-state index in [4.69, 9.17) is 4.43 Å². The zero-order valence-electron chi connectivity index (χ0n) is 24.2. The van der Waals surface area contributed by atoms with Crippen LogP contribution in [-0.2, 0) is 28.9 Å². The molecule has 1 atom stereocenters. The van der Waals surface area contributed by atoms with Crippen LogP contribution in [0.5, 0.6) is 0 Å². The summed E-state index contributed by atoms with van der Waals surface area (Å²) in [5, 5.41) is 1.22. The molecule has 4 aromatic carbocycles. The maximum Gasteiger partial charge on any atom is 0.262 e. The van der Waals surface area contributed by atoms with Gasteiger partial charge in [0.05, 0.1) is 9.79 Å². The third-order valence-corrected chi connectivity index (χ3v) is 17.7. The molecule has 0 unspecified atom stereocenters. The van der Waals surface area contributed by atoms with Crippen molar-refractivity contribution in [1.82, 2.24) is 0 Å². The number of hydrogen-bond acceptors (Lipinski definition) is 6. The van der Waals surface area contributed by atoms with Crippen LogP contribution in [0.4, 0.5) is 0 Å². The molecule has 4 rings (SSSR count). The summed E-state index contributed by atoms with van der Waals surface area (Å²) < 4.78 is 61.5. The Kier molecular flexibility index (Phi) is 9.08. The van der Waals surface area contributed by atoms with Crippen LogP contribution in [-0.4, -0.2) is 41.6 Å². The van der Waals surface area contributed by atoms with Crippen molar-refractivity contribution in [3.05, 3.63) is 121 Å². The fourth-order valence-electron chi connectivity index (χ4n) is 5.35. The molecule has 0 bridgehead atoms. The van der Waals surface area contributed by atoms with Gasteiger partial charge >= 0.3 is 0 Å². The normalized spacial score (nSPS) is 14.3. The van der Waals surface area contributed by atoms with E-state index in [1.807, 2.05) is 81.4 Å². The molecule has 0 aliphatic rings. The summed E-state index contributed by atoms with van der Waals surface area (Å²) in [6.45, 7) is 7.59. The molecule has 9 heteroatoms. The summed E-state index contributed by atoms with van der Waals surface area (Å²) in [5.74, 6) is 0. The Morgan fingerprint density at radius 3 is 1.26 bits per heavy atom. The first-order valence-corrected chi connectivity index (χ1v) is 18.6. The molecule has 220 valence electrons. The van der Waals surface area contributed by atoms with Gasteiger partial charge in [0.15, 0.2) is 30.5 Å². The van der Waals surface area contributed by atoms with Gasteiger partial charge in [-0.25, -0.2) is 16.8 Å². The molecule has 0 saturated heterocycles. The smallest absolute Gasteiger partial charge is 0.262 e. The second-order valence-corrected chi connectivity index (χ2v) is 20.3. The number of aldehydes is 1. The number of hydrogen-bond donors (Lipinski definition) is 0. The Morgan fingerprint density at radius 1 is 0.619 bits per heavy atom. The van der Waals surface area contributed by atoms with E-state index in [0.717, 1.165) is 10.4 Å². The summed E-state index contributed by atoms with van der Waals surface area (Å²) in [7, 11) is -12.3. The van der Waals surface area contributed by atoms with Gasteiger partial charge in [-0.2, -0.15) is 0 Å². The molecule has 0 aromatic heterocycles. The Bertz CT molecular complexity index is 1600. The molecule has 42 heavy (non-hydrogen) atoms. The Labute approximate surface area is 250 Å². The zero-order valence-corrected chi connectivity index (χ0v) is 26.8. The molecule has 4 aromatic rings. The fourth-order valence-corrected chi connectivity index (χ4v) is 14.9. The molecule has 0 saturated carbocycles. The van der Waals surface area contributed by atoms with Crippen molar-refractivity contribution in [2.75, 3.05) is 0 Å². The van der Waals surface area contributed by atoms with Crippen molar-refractivity contribution in [3.8, 4) is 0 Å². The van der Waals surface area contributed by atoms with E-state index in [2.05, 4.69) is 0 Å². The summed E-state index contributed by atoms with van der Waals surface area (Å²) >= 11 is 0. The molecule has 0 radical (unpaired) electrons. The molecule has 0 fully saturated rings. The van der Waals surface area contributed by atoms with E-state index in [1.165, 1.54) is 55.5 Å². The first-order chi connectivity index (χ1) is 19.8. The Morgan fingerprint density at radius 2 is 0.952 bits per heavy atom. The van der Waals surface area contributed by atoms with Crippen molar-refractivity contribution in [2.24, 2.45) is 0 Å². The minimum Gasteiger partial charge on any atom is -0.395 e. The van der Waals surface area contributed by atoms with Gasteiger partial charge in [0.1, 0.15) is 5.60 Å². The molecule has 0 aliphatic carbocycles. The predicted octanol–water partition coefficient (Wildman–Crippen LogP) is 5.18. The molecular formula is C33H36O6S2Si. The number of rotatable bonds is 11. The second-order valence-electron chi connectivity index (χ2n) is 11.5. The van der Waals surface area contributed by atoms with Crippen molar-refractivity contribution in [3.63, 3.8) is 0 Å². The zero-order chi connectivity index (χ0) is 30.7. The highest BCUT2D eigenvalue weighted by molar-refractivity contribution is 8.09. The van der Waals surface area contributed by atoms with Gasteiger partial charge < -0.3 is 9.22 Å². The van der Waals surface area contributed by atoms with E-state index in [0.29, 0.717) is 6.29 Å². The van der Waals surface area contributed by atoms with Crippen molar-refractivity contribution in [1.29, 1.82) is 0 Å². The summed E-state index contributed by atoms with van der Waals surface area (Å²) in [6, 6.07) is 34.1. The summed E-state index contributed by atoms with van der Waals surface area (Å²) in [6.07, 6.45) is -0.0458. The maximum atomic E-state index is 14.1. The minimum absolute atomic E-state index is 0.145. The van der Waals surface area contributed by atoms with Gasteiger partial charge in [0.2, 0.25) is 0 Å². The molecular weight excluding hydrogens is 585 g/mol. The largest absolute Gasteiger partial charge is 0.395 e. The second kappa shape index (κ2) is 12.1. The van der Waals surface area contributed by atoms with Crippen LogP contribution < -0.4 is 10.4 Å². The quantitative estimate of drug-likeness (QED) is 0.169. The van der Waals surface area contributed by atoms with Crippen molar-refractivity contribution in [2.45, 2.75) is 59.1 Å². The Hall–Kier alpha value is -3.37. The van der Waals surface area contributed by atoms with E-state index in [1.54, 1.807) is 12.1 Å². The molecule has 0 amide bonds. The molecule has 0 N–H and O–H groups in total. The van der Waals surface area contributed by atoms with Gasteiger partial charge in [-0.3, -0.25) is 0 Å². The SMILES string of the molecule is CC(C)(C)[Si](O[C@@](C)(C=O)CC(S(=O)(=O)c1ccccc1)S(=O)(=O)c1ccccc1)(c1ccccc1)c1ccccc1. The van der Waals surface area contributed by atoms with Gasteiger partial charge in [-0.05, 0) is 46.6 Å².